The Kier molecular flexibility index (Phi) is 4.96. The summed E-state index contributed by atoms with van der Waals surface area (Å²) in [7, 11) is 0. The zero-order chi connectivity index (χ0) is 22.2. The summed E-state index contributed by atoms with van der Waals surface area (Å²) >= 11 is 6.39. The second-order valence-corrected chi connectivity index (χ2v) is 7.91. The number of hydrogen-bond donors (Lipinski definition) is 2. The van der Waals surface area contributed by atoms with Crippen LogP contribution in [0.4, 0.5) is 5.82 Å². The maximum Gasteiger partial charge on any atom is 0.253 e. The summed E-state index contributed by atoms with van der Waals surface area (Å²) < 4.78 is 2.03. The molecular weight excluding hydrogens is 420 g/mol. The smallest absolute Gasteiger partial charge is 0.253 e. The van der Waals surface area contributed by atoms with Crippen molar-refractivity contribution in [2.45, 2.75) is 20.3 Å². The number of halogens is 1. The van der Waals surface area contributed by atoms with Crippen LogP contribution in [0.1, 0.15) is 29.2 Å². The lowest BCUT2D eigenvalue weighted by Gasteiger charge is -2.10. The minimum Gasteiger partial charge on any atom is -0.269 e. The number of rotatable bonds is 4. The molecule has 5 aromatic rings. The van der Waals surface area contributed by atoms with Gasteiger partial charge in [0, 0.05) is 16.5 Å². The molecular formula is C25H20ClN6+. The molecule has 0 aliphatic heterocycles. The predicted octanol–water partition coefficient (Wildman–Crippen LogP) is 5.30. The highest BCUT2D eigenvalue weighted by molar-refractivity contribution is 6.32. The molecule has 3 aromatic heterocycles. The quantitative estimate of drug-likeness (QED) is 0.172. The molecule has 0 atom stereocenters. The Morgan fingerprint density at radius 3 is 2.81 bits per heavy atom. The first-order valence-corrected chi connectivity index (χ1v) is 10.7. The Morgan fingerprint density at radius 1 is 1.22 bits per heavy atom. The predicted molar refractivity (Wildman–Crippen MR) is 128 cm³/mol. The normalized spacial score (nSPS) is 11.6. The summed E-state index contributed by atoms with van der Waals surface area (Å²) in [5, 5.41) is 15.7. The number of nitrogens with one attached hydrogen (secondary N) is 2. The van der Waals surface area contributed by atoms with Gasteiger partial charge in [-0.3, -0.25) is 4.98 Å². The van der Waals surface area contributed by atoms with Gasteiger partial charge >= 0.3 is 0 Å². The van der Waals surface area contributed by atoms with Crippen molar-refractivity contribution >= 4 is 51.2 Å². The fourth-order valence-corrected chi connectivity index (χ4v) is 4.37. The van der Waals surface area contributed by atoms with Gasteiger partial charge in [-0.15, -0.1) is 5.10 Å². The van der Waals surface area contributed by atoms with Crippen LogP contribution in [0.3, 0.4) is 0 Å². The van der Waals surface area contributed by atoms with Gasteiger partial charge in [-0.05, 0) is 43.2 Å². The van der Waals surface area contributed by atoms with Crippen LogP contribution >= 0.6 is 11.6 Å². The van der Waals surface area contributed by atoms with Gasteiger partial charge in [0.1, 0.15) is 27.8 Å². The minimum atomic E-state index is 0.394. The van der Waals surface area contributed by atoms with E-state index in [9.17, 15) is 5.26 Å². The largest absolute Gasteiger partial charge is 0.269 e. The summed E-state index contributed by atoms with van der Waals surface area (Å²) in [6.45, 7) is 4.05. The lowest BCUT2D eigenvalue weighted by atomic mass is 10.0. The van der Waals surface area contributed by atoms with Crippen LogP contribution in [0.2, 0.25) is 5.15 Å². The molecule has 0 aliphatic rings. The summed E-state index contributed by atoms with van der Waals surface area (Å²) in [6.07, 6.45) is 2.43. The summed E-state index contributed by atoms with van der Waals surface area (Å²) in [4.78, 5) is 7.84. The van der Waals surface area contributed by atoms with Gasteiger partial charge in [-0.1, -0.05) is 48.9 Å². The van der Waals surface area contributed by atoms with Crippen molar-refractivity contribution in [3.63, 3.8) is 0 Å². The lowest BCUT2D eigenvalue weighted by molar-refractivity contribution is -0.465. The highest BCUT2D eigenvalue weighted by Crippen LogP contribution is 2.26. The van der Waals surface area contributed by atoms with Crippen LogP contribution < -0.4 is 9.83 Å². The molecule has 7 heteroatoms. The van der Waals surface area contributed by atoms with Crippen LogP contribution in [0.15, 0.2) is 59.7 Å². The molecule has 6 nitrogen and oxygen atoms in total. The molecule has 0 amide bonds. The van der Waals surface area contributed by atoms with Crippen molar-refractivity contribution in [1.29, 1.82) is 5.26 Å². The molecule has 0 aliphatic carbocycles. The number of pyridine rings is 2. The molecule has 0 radical (unpaired) electrons. The van der Waals surface area contributed by atoms with E-state index in [0.29, 0.717) is 10.7 Å². The van der Waals surface area contributed by atoms with E-state index in [1.807, 2.05) is 65.9 Å². The third-order valence-corrected chi connectivity index (χ3v) is 6.04. The van der Waals surface area contributed by atoms with Gasteiger partial charge in [-0.25, -0.2) is 4.98 Å². The number of para-hydroxylation sites is 3. The van der Waals surface area contributed by atoms with Gasteiger partial charge in [0.15, 0.2) is 0 Å². The average Bonchev–Trinajstić information content (AvgIpc) is 3.18. The Labute approximate surface area is 189 Å². The molecule has 0 spiro atoms. The molecule has 0 unspecified atom stereocenters. The van der Waals surface area contributed by atoms with Crippen molar-refractivity contribution < 1.29 is 4.40 Å². The minimum absolute atomic E-state index is 0.394. The first-order chi connectivity index (χ1) is 15.6. The van der Waals surface area contributed by atoms with Crippen molar-refractivity contribution in [3.8, 4) is 6.07 Å². The summed E-state index contributed by atoms with van der Waals surface area (Å²) in [6, 6.07) is 20.1. The average molecular weight is 440 g/mol. The SMILES string of the molecule is CCc1c(C)c(C#N)c2[nH]c3ccccc3[n+]2c1NN=Cc1cc2ccccc2nc1Cl. The van der Waals surface area contributed by atoms with Gasteiger partial charge in [0.2, 0.25) is 5.65 Å². The van der Waals surface area contributed by atoms with Crippen molar-refractivity contribution in [2.75, 3.05) is 5.43 Å². The molecule has 156 valence electrons. The van der Waals surface area contributed by atoms with Crippen molar-refractivity contribution in [1.82, 2.24) is 9.97 Å². The van der Waals surface area contributed by atoms with Crippen LogP contribution in [-0.4, -0.2) is 16.2 Å². The Balaban J connectivity index is 1.66. The molecule has 0 fully saturated rings. The zero-order valence-electron chi connectivity index (χ0n) is 17.6. The topological polar surface area (TPSA) is 81.0 Å². The third kappa shape index (κ3) is 3.15. The first-order valence-electron chi connectivity index (χ1n) is 10.3. The number of aromatic nitrogens is 3. The summed E-state index contributed by atoms with van der Waals surface area (Å²) in [5.74, 6) is 0.817. The highest BCUT2D eigenvalue weighted by atomic mass is 35.5. The zero-order valence-corrected chi connectivity index (χ0v) is 18.4. The molecule has 0 bridgehead atoms. The van der Waals surface area contributed by atoms with E-state index < -0.39 is 0 Å². The second kappa shape index (κ2) is 7.95. The number of fused-ring (bicyclic) bond motifs is 4. The number of H-pyrrole nitrogens is 1. The maximum atomic E-state index is 9.84. The summed E-state index contributed by atoms with van der Waals surface area (Å²) in [5.41, 5.74) is 10.0. The van der Waals surface area contributed by atoms with E-state index in [4.69, 9.17) is 11.6 Å². The van der Waals surface area contributed by atoms with Gasteiger partial charge in [0.05, 0.1) is 11.7 Å². The molecule has 0 saturated carbocycles. The first kappa shape index (κ1) is 20.0. The van der Waals surface area contributed by atoms with Crippen LogP contribution in [0.25, 0.3) is 27.6 Å². The Morgan fingerprint density at radius 2 is 2.00 bits per heavy atom. The van der Waals surface area contributed by atoms with Gasteiger partial charge in [0.25, 0.3) is 5.82 Å². The monoisotopic (exact) mass is 439 g/mol. The van der Waals surface area contributed by atoms with E-state index >= 15 is 0 Å². The van der Waals surface area contributed by atoms with E-state index in [2.05, 4.69) is 33.5 Å². The molecule has 2 aromatic carbocycles. The van der Waals surface area contributed by atoms with E-state index in [1.165, 1.54) is 0 Å². The van der Waals surface area contributed by atoms with E-state index in [1.54, 1.807) is 6.21 Å². The molecule has 5 rings (SSSR count). The maximum absolute atomic E-state index is 9.84. The fraction of sp³-hybridized carbons (Fsp3) is 0.120. The Bertz CT molecular complexity index is 1580. The fourth-order valence-electron chi connectivity index (χ4n) is 4.18. The second-order valence-electron chi connectivity index (χ2n) is 7.55. The number of anilines is 1. The van der Waals surface area contributed by atoms with Crippen molar-refractivity contribution in [3.05, 3.63) is 82.0 Å². The standard InChI is InChI=1S/C25H19ClN6/c1-3-18-15(2)19(13-27)24-30-21-10-6-7-11-22(21)32(24)25(18)31-28-14-17-12-16-8-4-5-9-20(16)29-23(17)26/h4-12,14H,3H2,1-2H3,(H,30,31)/p+1. The number of hydrogen-bond acceptors (Lipinski definition) is 4. The third-order valence-electron chi connectivity index (χ3n) is 5.74. The number of benzene rings is 2. The van der Waals surface area contributed by atoms with Crippen LogP contribution in [0, 0.1) is 18.3 Å². The van der Waals surface area contributed by atoms with Crippen LogP contribution in [-0.2, 0) is 6.42 Å². The molecule has 2 N–H and O–H groups in total. The number of nitrogens with zero attached hydrogens (tertiary/aromatic N) is 4. The van der Waals surface area contributed by atoms with Gasteiger partial charge in [-0.2, -0.15) is 15.1 Å². The van der Waals surface area contributed by atoms with E-state index in [0.717, 1.165) is 56.5 Å². The highest BCUT2D eigenvalue weighted by Gasteiger charge is 2.24. The number of hydrazone groups is 1. The molecule has 0 saturated heterocycles. The molecule has 3 heterocycles. The van der Waals surface area contributed by atoms with Crippen LogP contribution in [0.5, 0.6) is 0 Å². The number of imidazole rings is 1. The van der Waals surface area contributed by atoms with E-state index in [-0.39, 0.29) is 0 Å². The van der Waals surface area contributed by atoms with Gasteiger partial charge < -0.3 is 0 Å². The lowest BCUT2D eigenvalue weighted by Crippen LogP contribution is -2.28. The Hall–Kier alpha value is -3.95. The number of nitriles is 1. The van der Waals surface area contributed by atoms with Crippen molar-refractivity contribution in [2.24, 2.45) is 5.10 Å². The number of aromatic amines is 1. The molecule has 32 heavy (non-hydrogen) atoms.